The van der Waals surface area contributed by atoms with E-state index in [1.165, 1.54) is 77.0 Å². The van der Waals surface area contributed by atoms with E-state index in [9.17, 15) is 9.59 Å². The molecule has 0 spiro atoms. The van der Waals surface area contributed by atoms with Crippen LogP contribution in [0.3, 0.4) is 0 Å². The predicted octanol–water partition coefficient (Wildman–Crippen LogP) is 10.3. The van der Waals surface area contributed by atoms with Crippen molar-refractivity contribution in [3.63, 3.8) is 0 Å². The number of allylic oxidation sites excluding steroid dienone is 6. The summed E-state index contributed by atoms with van der Waals surface area (Å²) in [6.45, 7) is 4.50. The second-order valence-corrected chi connectivity index (χ2v) is 11.7. The number of amides is 2. The summed E-state index contributed by atoms with van der Waals surface area (Å²) in [4.78, 5) is 24.3. The van der Waals surface area contributed by atoms with Crippen molar-refractivity contribution >= 4 is 11.8 Å². The van der Waals surface area contributed by atoms with Crippen LogP contribution < -0.4 is 11.5 Å². The molecule has 2 atom stereocenters. The molecule has 0 bridgehead atoms. The Kier molecular flexibility index (Phi) is 28.7. The molecule has 40 heavy (non-hydrogen) atoms. The Balaban J connectivity index is 3.97. The first kappa shape index (κ1) is 38.2. The van der Waals surface area contributed by atoms with Crippen molar-refractivity contribution in [1.29, 1.82) is 0 Å². The third-order valence-corrected chi connectivity index (χ3v) is 7.96. The van der Waals surface area contributed by atoms with Gasteiger partial charge in [0.15, 0.2) is 0 Å². The monoisotopic (exact) mass is 559 g/mol. The first-order valence-electron chi connectivity index (χ1n) is 17.1. The van der Waals surface area contributed by atoms with Crippen molar-refractivity contribution in [2.24, 2.45) is 23.3 Å². The lowest BCUT2D eigenvalue weighted by molar-refractivity contribution is -0.132. The van der Waals surface area contributed by atoms with Crippen molar-refractivity contribution < 1.29 is 9.59 Å². The van der Waals surface area contributed by atoms with Crippen LogP contribution in [0.4, 0.5) is 0 Å². The lowest BCUT2D eigenvalue weighted by atomic mass is 9.83. The minimum absolute atomic E-state index is 0.369. The fraction of sp³-hybridized carbons (Fsp3) is 0.778. The lowest BCUT2D eigenvalue weighted by Crippen LogP contribution is -2.37. The van der Waals surface area contributed by atoms with Crippen LogP contribution in [0, 0.1) is 11.8 Å². The first-order valence-corrected chi connectivity index (χ1v) is 17.1. The number of primary amides is 2. The van der Waals surface area contributed by atoms with Gasteiger partial charge in [-0.05, 0) is 70.6 Å². The van der Waals surface area contributed by atoms with Gasteiger partial charge in [0.2, 0.25) is 11.8 Å². The molecular weight excluding hydrogens is 492 g/mol. The second kappa shape index (κ2) is 30.1. The maximum atomic E-state index is 12.2. The van der Waals surface area contributed by atoms with Crippen LogP contribution in [0.5, 0.6) is 0 Å². The predicted molar refractivity (Wildman–Crippen MR) is 175 cm³/mol. The number of unbranched alkanes of at least 4 members (excludes halogenated alkanes) is 17. The second-order valence-electron chi connectivity index (χ2n) is 11.7. The molecule has 0 saturated carbocycles. The van der Waals surface area contributed by atoms with Gasteiger partial charge in [0.05, 0.1) is 0 Å². The maximum Gasteiger partial charge on any atom is 0.221 e. The molecule has 0 aliphatic heterocycles. The van der Waals surface area contributed by atoms with Gasteiger partial charge in [0, 0.05) is 11.8 Å². The Bertz CT molecular complexity index is 668. The summed E-state index contributed by atoms with van der Waals surface area (Å²) in [6.07, 6.45) is 41.4. The van der Waals surface area contributed by atoms with Gasteiger partial charge >= 0.3 is 0 Å². The van der Waals surface area contributed by atoms with Gasteiger partial charge in [0.25, 0.3) is 0 Å². The Morgan fingerprint density at radius 2 is 0.750 bits per heavy atom. The Morgan fingerprint density at radius 3 is 1.15 bits per heavy atom. The zero-order chi connectivity index (χ0) is 29.5. The quantitative estimate of drug-likeness (QED) is 0.0678. The van der Waals surface area contributed by atoms with Crippen LogP contribution in [-0.4, -0.2) is 11.8 Å². The summed E-state index contributed by atoms with van der Waals surface area (Å²) in [5.41, 5.74) is 11.4. The van der Waals surface area contributed by atoms with Crippen LogP contribution in [0.25, 0.3) is 0 Å². The third kappa shape index (κ3) is 25.1. The molecule has 232 valence electrons. The van der Waals surface area contributed by atoms with E-state index in [0.717, 1.165) is 64.2 Å². The highest BCUT2D eigenvalue weighted by Gasteiger charge is 2.29. The Morgan fingerprint density at radius 1 is 0.450 bits per heavy atom. The molecule has 4 heteroatoms. The molecule has 0 fully saturated rings. The Hall–Kier alpha value is -1.84. The molecule has 4 nitrogen and oxygen atoms in total. The van der Waals surface area contributed by atoms with Crippen LogP contribution in [0.1, 0.15) is 168 Å². The molecule has 0 aliphatic rings. The summed E-state index contributed by atoms with van der Waals surface area (Å²) in [6, 6.07) is 0. The number of nitrogens with two attached hydrogens (primary N) is 2. The molecule has 0 rings (SSSR count). The van der Waals surface area contributed by atoms with Gasteiger partial charge < -0.3 is 11.5 Å². The average molecular weight is 559 g/mol. The fourth-order valence-corrected chi connectivity index (χ4v) is 5.34. The van der Waals surface area contributed by atoms with Crippen molar-refractivity contribution in [2.45, 2.75) is 168 Å². The number of carbonyl (C=O) groups excluding carboxylic acids is 2. The lowest BCUT2D eigenvalue weighted by Gasteiger charge is -2.22. The summed E-state index contributed by atoms with van der Waals surface area (Å²) in [5.74, 6) is -1.59. The molecule has 0 aromatic rings. The molecule has 2 unspecified atom stereocenters. The van der Waals surface area contributed by atoms with Gasteiger partial charge in [0.1, 0.15) is 0 Å². The van der Waals surface area contributed by atoms with Gasteiger partial charge in [-0.15, -0.1) is 0 Å². The smallest absolute Gasteiger partial charge is 0.221 e. The first-order chi connectivity index (χ1) is 19.5. The molecule has 0 radical (unpaired) electrons. The van der Waals surface area contributed by atoms with Gasteiger partial charge in [-0.1, -0.05) is 134 Å². The van der Waals surface area contributed by atoms with E-state index < -0.39 is 11.8 Å². The zero-order valence-electron chi connectivity index (χ0n) is 26.6. The summed E-state index contributed by atoms with van der Waals surface area (Å²) in [5, 5.41) is 0. The fourth-order valence-electron chi connectivity index (χ4n) is 5.34. The van der Waals surface area contributed by atoms with E-state index in [-0.39, 0.29) is 11.8 Å². The van der Waals surface area contributed by atoms with E-state index in [0.29, 0.717) is 12.8 Å². The van der Waals surface area contributed by atoms with Crippen LogP contribution in [0.2, 0.25) is 0 Å². The third-order valence-electron chi connectivity index (χ3n) is 7.96. The van der Waals surface area contributed by atoms with Crippen LogP contribution in [0.15, 0.2) is 36.5 Å². The highest BCUT2D eigenvalue weighted by Crippen LogP contribution is 2.25. The molecule has 0 aromatic carbocycles. The van der Waals surface area contributed by atoms with E-state index in [4.69, 9.17) is 11.5 Å². The number of carbonyl (C=O) groups is 2. The topological polar surface area (TPSA) is 86.2 Å². The molecule has 2 amide bonds. The molecule has 0 saturated heterocycles. The van der Waals surface area contributed by atoms with Gasteiger partial charge in [-0.25, -0.2) is 0 Å². The summed E-state index contributed by atoms with van der Waals surface area (Å²) < 4.78 is 0. The minimum atomic E-state index is -0.425. The maximum absolute atomic E-state index is 12.2. The van der Waals surface area contributed by atoms with Gasteiger partial charge in [-0.2, -0.15) is 0 Å². The highest BCUT2D eigenvalue weighted by atomic mass is 16.2. The van der Waals surface area contributed by atoms with Gasteiger partial charge in [-0.3, -0.25) is 9.59 Å². The molecular formula is C36H66N2O2. The van der Waals surface area contributed by atoms with E-state index in [1.54, 1.807) is 0 Å². The standard InChI is InChI=1S/C36H66N2O2/c1-3-5-7-9-11-13-15-17-19-21-23-25-27-29-31-33(35(37)39)34(36(38)40)32-30-28-26-24-22-20-18-16-14-12-10-8-6-4-2/h11,13,17-20,33-34H,3-10,12,14-16,21-32H2,1-2H3,(H2,37,39)(H2,38,40)/b13-11-,19-17-,20-18-. The summed E-state index contributed by atoms with van der Waals surface area (Å²) in [7, 11) is 0. The highest BCUT2D eigenvalue weighted by molar-refractivity contribution is 5.85. The van der Waals surface area contributed by atoms with Crippen molar-refractivity contribution in [3.05, 3.63) is 36.5 Å². The minimum Gasteiger partial charge on any atom is -0.369 e. The number of hydrogen-bond donors (Lipinski definition) is 2. The van der Waals surface area contributed by atoms with Crippen molar-refractivity contribution in [1.82, 2.24) is 0 Å². The van der Waals surface area contributed by atoms with E-state index in [1.807, 2.05) is 0 Å². The average Bonchev–Trinajstić information content (AvgIpc) is 2.93. The molecule has 0 aliphatic carbocycles. The van der Waals surface area contributed by atoms with E-state index in [2.05, 4.69) is 50.3 Å². The van der Waals surface area contributed by atoms with Crippen molar-refractivity contribution in [3.8, 4) is 0 Å². The summed E-state index contributed by atoms with van der Waals surface area (Å²) >= 11 is 0. The Labute approximate surface area is 248 Å². The van der Waals surface area contributed by atoms with Crippen LogP contribution in [-0.2, 0) is 9.59 Å². The van der Waals surface area contributed by atoms with Crippen LogP contribution >= 0.6 is 0 Å². The SMILES string of the molecule is CCCCC/C=C\C/C=C\CCCCCCC(C(N)=O)C(CCCCCC/C=C\CCCCCCCC)C(N)=O. The van der Waals surface area contributed by atoms with Crippen molar-refractivity contribution in [2.75, 3.05) is 0 Å². The zero-order valence-corrected chi connectivity index (χ0v) is 26.6. The largest absolute Gasteiger partial charge is 0.369 e. The molecule has 0 aromatic heterocycles. The molecule has 0 heterocycles. The van der Waals surface area contributed by atoms with E-state index >= 15 is 0 Å². The normalized spacial score (nSPS) is 13.6. The number of hydrogen-bond acceptors (Lipinski definition) is 2. The molecule has 4 N–H and O–H groups in total. The number of rotatable bonds is 30.